The van der Waals surface area contributed by atoms with E-state index < -0.39 is 17.8 Å². The molecule has 0 spiro atoms. The average Bonchev–Trinajstić information content (AvgIpc) is 2.77. The predicted molar refractivity (Wildman–Crippen MR) is 115 cm³/mol. The average molecular weight is 425 g/mol. The van der Waals surface area contributed by atoms with Crippen molar-refractivity contribution < 1.29 is 18.7 Å². The monoisotopic (exact) mass is 425 g/mol. The summed E-state index contributed by atoms with van der Waals surface area (Å²) in [6, 6.07) is 16.4. The third-order valence-electron chi connectivity index (χ3n) is 4.46. The molecule has 7 nitrogen and oxygen atoms in total. The number of nitrogens with one attached hydrogen (secondary N) is 1. The van der Waals surface area contributed by atoms with E-state index in [1.54, 1.807) is 18.2 Å². The standard InChI is InChI=1S/C23H24FN3O4/c1-3-30-18-10-8-17(9-11-18)20-12-13-22(28)27(26-20)15-14-25-23(29)16(2)31-21-7-5-4-6-19(21)24/h4-13,16H,3,14-15H2,1-2H3,(H,25,29)/t16-/m1/s1. The van der Waals surface area contributed by atoms with Crippen molar-refractivity contribution in [3.63, 3.8) is 0 Å². The van der Waals surface area contributed by atoms with Crippen molar-refractivity contribution in [1.82, 2.24) is 15.1 Å². The van der Waals surface area contributed by atoms with Gasteiger partial charge in [-0.15, -0.1) is 0 Å². The number of carbonyl (C=O) groups is 1. The van der Waals surface area contributed by atoms with Crippen LogP contribution in [0.5, 0.6) is 11.5 Å². The first-order chi connectivity index (χ1) is 15.0. The fraction of sp³-hybridized carbons (Fsp3) is 0.261. The van der Waals surface area contributed by atoms with E-state index in [1.165, 1.54) is 29.8 Å². The lowest BCUT2D eigenvalue weighted by Gasteiger charge is -2.15. The van der Waals surface area contributed by atoms with Crippen LogP contribution in [-0.2, 0) is 11.3 Å². The van der Waals surface area contributed by atoms with Gasteiger partial charge in [0.1, 0.15) is 5.75 Å². The maximum absolute atomic E-state index is 13.7. The molecule has 1 atom stereocenters. The van der Waals surface area contributed by atoms with Gasteiger partial charge >= 0.3 is 0 Å². The molecular weight excluding hydrogens is 401 g/mol. The Balaban J connectivity index is 1.58. The highest BCUT2D eigenvalue weighted by molar-refractivity contribution is 5.80. The Morgan fingerprint density at radius 2 is 1.87 bits per heavy atom. The number of aromatic nitrogens is 2. The van der Waals surface area contributed by atoms with Crippen LogP contribution in [0.15, 0.2) is 65.5 Å². The van der Waals surface area contributed by atoms with Gasteiger partial charge in [0.2, 0.25) is 0 Å². The SMILES string of the molecule is CCOc1ccc(-c2ccc(=O)n(CCNC(=O)[C@@H](C)Oc3ccccc3F)n2)cc1. The molecule has 1 heterocycles. The largest absolute Gasteiger partial charge is 0.494 e. The molecule has 0 fully saturated rings. The molecule has 1 N–H and O–H groups in total. The first-order valence-corrected chi connectivity index (χ1v) is 9.98. The van der Waals surface area contributed by atoms with E-state index in [2.05, 4.69) is 10.4 Å². The summed E-state index contributed by atoms with van der Waals surface area (Å²) in [5.41, 5.74) is 1.19. The minimum absolute atomic E-state index is 0.00564. The summed E-state index contributed by atoms with van der Waals surface area (Å²) in [5, 5.41) is 7.05. The number of amides is 1. The first kappa shape index (κ1) is 22.0. The summed E-state index contributed by atoms with van der Waals surface area (Å²) >= 11 is 0. The zero-order valence-electron chi connectivity index (χ0n) is 17.4. The summed E-state index contributed by atoms with van der Waals surface area (Å²) in [4.78, 5) is 24.4. The third-order valence-corrected chi connectivity index (χ3v) is 4.46. The van der Waals surface area contributed by atoms with Gasteiger partial charge < -0.3 is 14.8 Å². The Morgan fingerprint density at radius 1 is 1.13 bits per heavy atom. The van der Waals surface area contributed by atoms with E-state index >= 15 is 0 Å². The van der Waals surface area contributed by atoms with Crippen LogP contribution in [0.2, 0.25) is 0 Å². The summed E-state index contributed by atoms with van der Waals surface area (Å²) in [6.45, 7) is 4.37. The molecule has 0 aliphatic carbocycles. The molecule has 8 heteroatoms. The number of nitrogens with zero attached hydrogens (tertiary/aromatic N) is 2. The molecule has 3 aromatic rings. The van der Waals surface area contributed by atoms with E-state index in [1.807, 2.05) is 31.2 Å². The normalized spacial score (nSPS) is 11.6. The maximum Gasteiger partial charge on any atom is 0.266 e. The first-order valence-electron chi connectivity index (χ1n) is 9.98. The summed E-state index contributed by atoms with van der Waals surface area (Å²) in [7, 11) is 0. The quantitative estimate of drug-likeness (QED) is 0.570. The van der Waals surface area contributed by atoms with Crippen molar-refractivity contribution in [1.29, 1.82) is 0 Å². The van der Waals surface area contributed by atoms with Crippen LogP contribution in [0.3, 0.4) is 0 Å². The highest BCUT2D eigenvalue weighted by Crippen LogP contribution is 2.20. The Hall–Kier alpha value is -3.68. The van der Waals surface area contributed by atoms with E-state index in [9.17, 15) is 14.0 Å². The van der Waals surface area contributed by atoms with Crippen LogP contribution < -0.4 is 20.3 Å². The van der Waals surface area contributed by atoms with Crippen molar-refractivity contribution in [3.05, 3.63) is 76.8 Å². The van der Waals surface area contributed by atoms with Crippen molar-refractivity contribution in [3.8, 4) is 22.8 Å². The van der Waals surface area contributed by atoms with Crippen molar-refractivity contribution >= 4 is 5.91 Å². The molecule has 31 heavy (non-hydrogen) atoms. The number of para-hydroxylation sites is 1. The number of rotatable bonds is 9. The van der Waals surface area contributed by atoms with Gasteiger partial charge in [0.15, 0.2) is 17.7 Å². The molecule has 1 aromatic heterocycles. The molecule has 0 aliphatic heterocycles. The number of halogens is 1. The number of hydrogen-bond acceptors (Lipinski definition) is 5. The van der Waals surface area contributed by atoms with Crippen molar-refractivity contribution in [2.75, 3.05) is 13.2 Å². The van der Waals surface area contributed by atoms with E-state index in [4.69, 9.17) is 9.47 Å². The maximum atomic E-state index is 13.7. The van der Waals surface area contributed by atoms with Gasteiger partial charge in [-0.3, -0.25) is 9.59 Å². The molecule has 0 bridgehead atoms. The fourth-order valence-corrected chi connectivity index (χ4v) is 2.86. The number of hydrogen-bond donors (Lipinski definition) is 1. The topological polar surface area (TPSA) is 82.5 Å². The summed E-state index contributed by atoms with van der Waals surface area (Å²) in [6.07, 6.45) is -0.892. The van der Waals surface area contributed by atoms with Gasteiger partial charge in [0.25, 0.3) is 11.5 Å². The molecule has 0 radical (unpaired) electrons. The zero-order chi connectivity index (χ0) is 22.2. The second kappa shape index (κ2) is 10.4. The molecule has 2 aromatic carbocycles. The molecule has 1 amide bonds. The highest BCUT2D eigenvalue weighted by Gasteiger charge is 2.16. The van der Waals surface area contributed by atoms with Gasteiger partial charge in [0, 0.05) is 18.2 Å². The molecular formula is C23H24FN3O4. The van der Waals surface area contributed by atoms with Crippen LogP contribution in [0.4, 0.5) is 4.39 Å². The Morgan fingerprint density at radius 3 is 2.58 bits per heavy atom. The minimum Gasteiger partial charge on any atom is -0.494 e. The third kappa shape index (κ3) is 5.91. The molecule has 162 valence electrons. The molecule has 3 rings (SSSR count). The zero-order valence-corrected chi connectivity index (χ0v) is 17.4. The molecule has 0 saturated carbocycles. The van der Waals surface area contributed by atoms with E-state index in [-0.39, 0.29) is 24.4 Å². The minimum atomic E-state index is -0.892. The summed E-state index contributed by atoms with van der Waals surface area (Å²) in [5.74, 6) is -0.192. The van der Waals surface area contributed by atoms with Gasteiger partial charge in [-0.2, -0.15) is 5.10 Å². The van der Waals surface area contributed by atoms with Crippen molar-refractivity contribution in [2.45, 2.75) is 26.5 Å². The van der Waals surface area contributed by atoms with Crippen LogP contribution in [0.25, 0.3) is 11.3 Å². The fourth-order valence-electron chi connectivity index (χ4n) is 2.86. The van der Waals surface area contributed by atoms with Gasteiger partial charge in [0.05, 0.1) is 18.8 Å². The number of benzene rings is 2. The second-order valence-electron chi connectivity index (χ2n) is 6.72. The number of carbonyl (C=O) groups excluding carboxylic acids is 1. The van der Waals surface area contributed by atoms with Crippen LogP contribution in [0, 0.1) is 5.82 Å². The lowest BCUT2D eigenvalue weighted by molar-refractivity contribution is -0.127. The molecule has 0 saturated heterocycles. The van der Waals surface area contributed by atoms with Gasteiger partial charge in [-0.05, 0) is 56.3 Å². The Kier molecular flexibility index (Phi) is 7.37. The van der Waals surface area contributed by atoms with Crippen molar-refractivity contribution in [2.24, 2.45) is 0 Å². The lowest BCUT2D eigenvalue weighted by Crippen LogP contribution is -2.39. The Labute approximate surface area is 179 Å². The second-order valence-corrected chi connectivity index (χ2v) is 6.72. The number of ether oxygens (including phenoxy) is 2. The van der Waals surface area contributed by atoms with Crippen LogP contribution >= 0.6 is 0 Å². The smallest absolute Gasteiger partial charge is 0.266 e. The van der Waals surface area contributed by atoms with Crippen LogP contribution in [0.1, 0.15) is 13.8 Å². The van der Waals surface area contributed by atoms with Gasteiger partial charge in [-0.25, -0.2) is 9.07 Å². The Bertz CT molecular complexity index is 1080. The summed E-state index contributed by atoms with van der Waals surface area (Å²) < 4.78 is 25.7. The van der Waals surface area contributed by atoms with E-state index in [0.29, 0.717) is 12.3 Å². The van der Waals surface area contributed by atoms with Gasteiger partial charge in [-0.1, -0.05) is 12.1 Å². The van der Waals surface area contributed by atoms with Crippen LogP contribution in [-0.4, -0.2) is 34.9 Å². The molecule has 0 unspecified atom stereocenters. The lowest BCUT2D eigenvalue weighted by atomic mass is 10.1. The molecule has 0 aliphatic rings. The van der Waals surface area contributed by atoms with E-state index in [0.717, 1.165) is 11.3 Å². The predicted octanol–water partition coefficient (Wildman–Crippen LogP) is 3.03. The highest BCUT2D eigenvalue weighted by atomic mass is 19.1.